The summed E-state index contributed by atoms with van der Waals surface area (Å²) in [6.07, 6.45) is 0.985. The molecule has 0 aliphatic carbocycles. The SMILES string of the molecule is Cc1cc(NC(=O)CCCOc2ccccc2C)n(-c2cc(C)c3cccc(C)c3n2)n1. The number of aromatic nitrogens is 3. The first-order valence-electron chi connectivity index (χ1n) is 10.8. The lowest BCUT2D eigenvalue weighted by Crippen LogP contribution is -2.16. The van der Waals surface area contributed by atoms with Crippen molar-refractivity contribution in [3.63, 3.8) is 0 Å². The number of amides is 1. The highest BCUT2D eigenvalue weighted by Gasteiger charge is 2.14. The first-order valence-corrected chi connectivity index (χ1v) is 10.8. The zero-order valence-electron chi connectivity index (χ0n) is 19.0. The predicted molar refractivity (Wildman–Crippen MR) is 128 cm³/mol. The fraction of sp³-hybridized carbons (Fsp3) is 0.269. The molecule has 164 valence electrons. The van der Waals surface area contributed by atoms with Crippen LogP contribution in [0.2, 0.25) is 0 Å². The number of ether oxygens (including phenoxy) is 1. The Bertz CT molecular complexity index is 1280. The molecule has 1 amide bonds. The average molecular weight is 429 g/mol. The molecule has 0 aliphatic heterocycles. The van der Waals surface area contributed by atoms with Crippen molar-refractivity contribution in [3.05, 3.63) is 77.0 Å². The number of benzene rings is 2. The minimum atomic E-state index is -0.0757. The Morgan fingerprint density at radius 3 is 2.56 bits per heavy atom. The van der Waals surface area contributed by atoms with E-state index in [1.807, 2.05) is 56.3 Å². The molecule has 0 fully saturated rings. The molecule has 2 aromatic carbocycles. The van der Waals surface area contributed by atoms with Gasteiger partial charge >= 0.3 is 0 Å². The molecular formula is C26H28N4O2. The number of fused-ring (bicyclic) bond motifs is 1. The third-order valence-corrected chi connectivity index (χ3v) is 5.45. The summed E-state index contributed by atoms with van der Waals surface area (Å²) in [4.78, 5) is 17.4. The molecule has 0 bridgehead atoms. The first kappa shape index (κ1) is 21.6. The average Bonchev–Trinajstić information content (AvgIpc) is 3.13. The number of hydrogen-bond acceptors (Lipinski definition) is 4. The van der Waals surface area contributed by atoms with Gasteiger partial charge in [-0.2, -0.15) is 9.78 Å². The molecule has 32 heavy (non-hydrogen) atoms. The van der Waals surface area contributed by atoms with E-state index in [4.69, 9.17) is 9.72 Å². The molecule has 4 aromatic rings. The summed E-state index contributed by atoms with van der Waals surface area (Å²) in [5.41, 5.74) is 5.07. The summed E-state index contributed by atoms with van der Waals surface area (Å²) in [7, 11) is 0. The fourth-order valence-corrected chi connectivity index (χ4v) is 3.75. The van der Waals surface area contributed by atoms with E-state index in [9.17, 15) is 4.79 Å². The van der Waals surface area contributed by atoms with Crippen molar-refractivity contribution >= 4 is 22.6 Å². The van der Waals surface area contributed by atoms with Crippen molar-refractivity contribution in [1.29, 1.82) is 0 Å². The molecule has 0 radical (unpaired) electrons. The number of para-hydroxylation sites is 2. The van der Waals surface area contributed by atoms with Gasteiger partial charge in [-0.25, -0.2) is 4.98 Å². The highest BCUT2D eigenvalue weighted by atomic mass is 16.5. The first-order chi connectivity index (χ1) is 15.4. The van der Waals surface area contributed by atoms with E-state index in [0.717, 1.165) is 39.0 Å². The molecule has 4 rings (SSSR count). The molecule has 6 nitrogen and oxygen atoms in total. The summed E-state index contributed by atoms with van der Waals surface area (Å²) in [5, 5.41) is 8.68. The second-order valence-electron chi connectivity index (χ2n) is 8.12. The van der Waals surface area contributed by atoms with Crippen LogP contribution in [-0.2, 0) is 4.79 Å². The van der Waals surface area contributed by atoms with Crippen molar-refractivity contribution < 1.29 is 9.53 Å². The minimum Gasteiger partial charge on any atom is -0.493 e. The third-order valence-electron chi connectivity index (χ3n) is 5.45. The van der Waals surface area contributed by atoms with Crippen LogP contribution in [0.25, 0.3) is 16.7 Å². The van der Waals surface area contributed by atoms with Crippen LogP contribution in [0.15, 0.2) is 54.6 Å². The van der Waals surface area contributed by atoms with Crippen LogP contribution in [-0.4, -0.2) is 27.3 Å². The monoisotopic (exact) mass is 428 g/mol. The number of carbonyl (C=O) groups excluding carboxylic acids is 1. The van der Waals surface area contributed by atoms with Crippen molar-refractivity contribution in [2.45, 2.75) is 40.5 Å². The topological polar surface area (TPSA) is 69.0 Å². The van der Waals surface area contributed by atoms with Crippen LogP contribution in [0.1, 0.15) is 35.2 Å². The predicted octanol–water partition coefficient (Wildman–Crippen LogP) is 5.45. The van der Waals surface area contributed by atoms with Crippen LogP contribution in [0, 0.1) is 27.7 Å². The Kier molecular flexibility index (Phi) is 6.21. The molecular weight excluding hydrogens is 400 g/mol. The van der Waals surface area contributed by atoms with Crippen molar-refractivity contribution in [3.8, 4) is 11.6 Å². The number of nitrogens with one attached hydrogen (secondary N) is 1. The van der Waals surface area contributed by atoms with Crippen molar-refractivity contribution in [1.82, 2.24) is 14.8 Å². The molecule has 0 saturated carbocycles. The lowest BCUT2D eigenvalue weighted by molar-refractivity contribution is -0.116. The number of nitrogens with zero attached hydrogens (tertiary/aromatic N) is 3. The van der Waals surface area contributed by atoms with Gasteiger partial charge in [-0.3, -0.25) is 4.79 Å². The molecule has 6 heteroatoms. The van der Waals surface area contributed by atoms with Crippen LogP contribution < -0.4 is 10.1 Å². The maximum absolute atomic E-state index is 12.6. The Morgan fingerprint density at radius 1 is 0.969 bits per heavy atom. The van der Waals surface area contributed by atoms with Gasteiger partial charge in [0.15, 0.2) is 5.82 Å². The molecule has 0 spiro atoms. The van der Waals surface area contributed by atoms with E-state index in [1.54, 1.807) is 4.68 Å². The Hall–Kier alpha value is -3.67. The van der Waals surface area contributed by atoms with E-state index < -0.39 is 0 Å². The van der Waals surface area contributed by atoms with Gasteiger partial charge in [-0.1, -0.05) is 36.4 Å². The molecule has 0 unspecified atom stereocenters. The van der Waals surface area contributed by atoms with Crippen LogP contribution >= 0.6 is 0 Å². The maximum atomic E-state index is 12.6. The van der Waals surface area contributed by atoms with Gasteiger partial charge < -0.3 is 10.1 Å². The second kappa shape index (κ2) is 9.22. The smallest absolute Gasteiger partial charge is 0.225 e. The summed E-state index contributed by atoms with van der Waals surface area (Å²) in [5.74, 6) is 2.09. The highest BCUT2D eigenvalue weighted by molar-refractivity contribution is 5.90. The van der Waals surface area contributed by atoms with Crippen LogP contribution in [0.4, 0.5) is 5.82 Å². The van der Waals surface area contributed by atoms with Gasteiger partial charge in [0.25, 0.3) is 0 Å². The van der Waals surface area contributed by atoms with Crippen LogP contribution in [0.5, 0.6) is 5.75 Å². The maximum Gasteiger partial charge on any atom is 0.225 e. The largest absolute Gasteiger partial charge is 0.493 e. The van der Waals surface area contributed by atoms with Gasteiger partial charge in [-0.15, -0.1) is 0 Å². The number of anilines is 1. The van der Waals surface area contributed by atoms with Gasteiger partial charge in [0, 0.05) is 17.9 Å². The third kappa shape index (κ3) is 4.64. The zero-order valence-corrected chi connectivity index (χ0v) is 19.0. The highest BCUT2D eigenvalue weighted by Crippen LogP contribution is 2.24. The van der Waals surface area contributed by atoms with E-state index in [2.05, 4.69) is 36.4 Å². The lowest BCUT2D eigenvalue weighted by atomic mass is 10.1. The van der Waals surface area contributed by atoms with E-state index in [0.29, 0.717) is 31.1 Å². The van der Waals surface area contributed by atoms with Crippen LogP contribution in [0.3, 0.4) is 0 Å². The normalized spacial score (nSPS) is 11.0. The molecule has 2 aromatic heterocycles. The van der Waals surface area contributed by atoms with Crippen molar-refractivity contribution in [2.24, 2.45) is 0 Å². The Balaban J connectivity index is 1.46. The minimum absolute atomic E-state index is 0.0757. The summed E-state index contributed by atoms with van der Waals surface area (Å²) < 4.78 is 7.50. The van der Waals surface area contributed by atoms with Gasteiger partial charge in [0.05, 0.1) is 17.8 Å². The number of carbonyl (C=O) groups is 1. The zero-order chi connectivity index (χ0) is 22.7. The molecule has 2 heterocycles. The fourth-order valence-electron chi connectivity index (χ4n) is 3.75. The quantitative estimate of drug-likeness (QED) is 0.397. The van der Waals surface area contributed by atoms with E-state index >= 15 is 0 Å². The molecule has 0 saturated heterocycles. The number of pyridine rings is 1. The number of hydrogen-bond donors (Lipinski definition) is 1. The number of rotatable bonds is 7. The Morgan fingerprint density at radius 2 is 1.75 bits per heavy atom. The standard InChI is InChI=1S/C26H28N4O2/c1-17-9-5-6-12-22(17)32-14-8-13-25(31)27-24-16-20(4)29-30(24)23-15-19(3)21-11-7-10-18(2)26(21)28-23/h5-7,9-12,15-16H,8,13-14H2,1-4H3,(H,27,31). The summed E-state index contributed by atoms with van der Waals surface area (Å²) in [6, 6.07) is 17.9. The van der Waals surface area contributed by atoms with E-state index in [1.165, 1.54) is 0 Å². The van der Waals surface area contributed by atoms with E-state index in [-0.39, 0.29) is 5.91 Å². The van der Waals surface area contributed by atoms with Gasteiger partial charge in [-0.05, 0) is 62.9 Å². The van der Waals surface area contributed by atoms with Gasteiger partial charge in [0.1, 0.15) is 11.6 Å². The Labute approximate surface area is 188 Å². The summed E-state index contributed by atoms with van der Waals surface area (Å²) >= 11 is 0. The molecule has 0 aliphatic rings. The molecule has 1 N–H and O–H groups in total. The number of aryl methyl sites for hydroxylation is 4. The van der Waals surface area contributed by atoms with Gasteiger partial charge in [0.2, 0.25) is 5.91 Å². The van der Waals surface area contributed by atoms with Crippen molar-refractivity contribution in [2.75, 3.05) is 11.9 Å². The lowest BCUT2D eigenvalue weighted by Gasteiger charge is -2.12. The summed E-state index contributed by atoms with van der Waals surface area (Å²) in [6.45, 7) is 8.52. The second-order valence-corrected chi connectivity index (χ2v) is 8.12. The molecule has 0 atom stereocenters.